The Labute approximate surface area is 108 Å². The maximum atomic E-state index is 6.26. The molecule has 3 nitrogen and oxygen atoms in total. The molecule has 0 aliphatic heterocycles. The van der Waals surface area contributed by atoms with Gasteiger partial charge >= 0.3 is 0 Å². The quantitative estimate of drug-likeness (QED) is 0.879. The second-order valence-electron chi connectivity index (χ2n) is 5.51. The second-order valence-corrected chi connectivity index (χ2v) is 5.51. The number of hydrogen-bond acceptors (Lipinski definition) is 2. The van der Waals surface area contributed by atoms with Crippen molar-refractivity contribution in [3.05, 3.63) is 29.6 Å². The number of hydrogen-bond donors (Lipinski definition) is 1. The monoisotopic (exact) mass is 243 g/mol. The number of aryl methyl sites for hydroxylation is 1. The van der Waals surface area contributed by atoms with Gasteiger partial charge in [0, 0.05) is 5.69 Å². The molecule has 0 atom stereocenters. The van der Waals surface area contributed by atoms with Gasteiger partial charge in [-0.05, 0) is 31.4 Å². The third-order valence-corrected chi connectivity index (χ3v) is 4.16. The molecular weight excluding hydrogens is 222 g/mol. The van der Waals surface area contributed by atoms with Crippen LogP contribution < -0.4 is 5.73 Å². The van der Waals surface area contributed by atoms with Crippen LogP contribution in [0, 0.1) is 12.8 Å². The SMILES string of the molecule is Cc1cccc2nc(CC3CCCCC3)c(N)n12. The molecule has 0 saturated heterocycles. The molecule has 0 unspecified atom stereocenters. The summed E-state index contributed by atoms with van der Waals surface area (Å²) in [6, 6.07) is 6.16. The van der Waals surface area contributed by atoms with Crippen molar-refractivity contribution in [1.82, 2.24) is 9.38 Å². The summed E-state index contributed by atoms with van der Waals surface area (Å²) in [7, 11) is 0. The summed E-state index contributed by atoms with van der Waals surface area (Å²) in [5, 5.41) is 0. The minimum atomic E-state index is 0.784. The number of fused-ring (bicyclic) bond motifs is 1. The highest BCUT2D eigenvalue weighted by atomic mass is 15.1. The zero-order valence-electron chi connectivity index (χ0n) is 11.0. The second kappa shape index (κ2) is 4.63. The number of nitrogen functional groups attached to an aromatic ring is 1. The zero-order chi connectivity index (χ0) is 12.5. The highest BCUT2D eigenvalue weighted by molar-refractivity contribution is 5.54. The van der Waals surface area contributed by atoms with Crippen LogP contribution in [0.25, 0.3) is 5.65 Å². The highest BCUT2D eigenvalue weighted by Crippen LogP contribution is 2.29. The molecule has 1 fully saturated rings. The van der Waals surface area contributed by atoms with Gasteiger partial charge in [-0.25, -0.2) is 4.98 Å². The van der Waals surface area contributed by atoms with Crippen LogP contribution >= 0.6 is 0 Å². The molecule has 2 N–H and O–H groups in total. The van der Waals surface area contributed by atoms with Crippen molar-refractivity contribution in [2.75, 3.05) is 5.73 Å². The first-order valence-corrected chi connectivity index (χ1v) is 6.98. The molecule has 0 amide bonds. The molecule has 18 heavy (non-hydrogen) atoms. The molecule has 2 heterocycles. The van der Waals surface area contributed by atoms with E-state index in [9.17, 15) is 0 Å². The van der Waals surface area contributed by atoms with E-state index in [1.807, 2.05) is 12.1 Å². The van der Waals surface area contributed by atoms with E-state index >= 15 is 0 Å². The van der Waals surface area contributed by atoms with Gasteiger partial charge in [0.25, 0.3) is 0 Å². The van der Waals surface area contributed by atoms with E-state index in [4.69, 9.17) is 10.7 Å². The summed E-state index contributed by atoms with van der Waals surface area (Å²) in [5.74, 6) is 1.62. The lowest BCUT2D eigenvalue weighted by Crippen LogP contribution is -2.10. The van der Waals surface area contributed by atoms with E-state index < -0.39 is 0 Å². The van der Waals surface area contributed by atoms with Crippen molar-refractivity contribution in [3.8, 4) is 0 Å². The van der Waals surface area contributed by atoms with Crippen molar-refractivity contribution in [2.24, 2.45) is 5.92 Å². The van der Waals surface area contributed by atoms with Crippen LogP contribution in [0.1, 0.15) is 43.5 Å². The molecule has 0 radical (unpaired) electrons. The molecule has 2 aromatic rings. The molecular formula is C15H21N3. The Morgan fingerprint density at radius 3 is 2.78 bits per heavy atom. The molecule has 1 aliphatic carbocycles. The fourth-order valence-corrected chi connectivity index (χ4v) is 3.14. The van der Waals surface area contributed by atoms with Crippen LogP contribution in [-0.4, -0.2) is 9.38 Å². The van der Waals surface area contributed by atoms with E-state index in [2.05, 4.69) is 17.4 Å². The van der Waals surface area contributed by atoms with E-state index in [0.29, 0.717) is 0 Å². The number of imidazole rings is 1. The van der Waals surface area contributed by atoms with Crippen LogP contribution in [-0.2, 0) is 6.42 Å². The average Bonchev–Trinajstić information content (AvgIpc) is 2.69. The predicted molar refractivity (Wildman–Crippen MR) is 74.6 cm³/mol. The third-order valence-electron chi connectivity index (χ3n) is 4.16. The minimum absolute atomic E-state index is 0.784. The Bertz CT molecular complexity index is 550. The Balaban J connectivity index is 1.92. The Hall–Kier alpha value is -1.51. The van der Waals surface area contributed by atoms with Gasteiger partial charge < -0.3 is 5.73 Å². The average molecular weight is 243 g/mol. The fourth-order valence-electron chi connectivity index (χ4n) is 3.14. The van der Waals surface area contributed by atoms with Gasteiger partial charge in [-0.1, -0.05) is 38.2 Å². The van der Waals surface area contributed by atoms with Crippen molar-refractivity contribution in [2.45, 2.75) is 45.4 Å². The summed E-state index contributed by atoms with van der Waals surface area (Å²) >= 11 is 0. The highest BCUT2D eigenvalue weighted by Gasteiger charge is 2.18. The molecule has 0 aromatic carbocycles. The van der Waals surface area contributed by atoms with Crippen molar-refractivity contribution in [3.63, 3.8) is 0 Å². The van der Waals surface area contributed by atoms with Gasteiger partial charge in [-0.3, -0.25) is 4.40 Å². The van der Waals surface area contributed by atoms with Crippen LogP contribution in [0.2, 0.25) is 0 Å². The van der Waals surface area contributed by atoms with E-state index in [1.165, 1.54) is 32.1 Å². The van der Waals surface area contributed by atoms with Gasteiger partial charge in [0.2, 0.25) is 0 Å². The first-order chi connectivity index (χ1) is 8.75. The number of nitrogens with zero attached hydrogens (tertiary/aromatic N) is 2. The smallest absolute Gasteiger partial charge is 0.138 e. The van der Waals surface area contributed by atoms with Crippen molar-refractivity contribution in [1.29, 1.82) is 0 Å². The molecule has 96 valence electrons. The maximum absolute atomic E-state index is 6.26. The molecule has 1 aliphatic rings. The topological polar surface area (TPSA) is 43.3 Å². The lowest BCUT2D eigenvalue weighted by molar-refractivity contribution is 0.355. The number of nitrogens with two attached hydrogens (primary N) is 1. The van der Waals surface area contributed by atoms with Gasteiger partial charge in [0.15, 0.2) is 0 Å². The van der Waals surface area contributed by atoms with E-state index in [-0.39, 0.29) is 0 Å². The number of rotatable bonds is 2. The first-order valence-electron chi connectivity index (χ1n) is 6.98. The maximum Gasteiger partial charge on any atom is 0.138 e. The van der Waals surface area contributed by atoms with Gasteiger partial charge in [0.05, 0.1) is 5.69 Å². The summed E-state index contributed by atoms with van der Waals surface area (Å²) < 4.78 is 2.07. The van der Waals surface area contributed by atoms with Crippen molar-refractivity contribution < 1.29 is 0 Å². The van der Waals surface area contributed by atoms with Gasteiger partial charge in [-0.2, -0.15) is 0 Å². The summed E-state index contributed by atoms with van der Waals surface area (Å²) in [5.41, 5.74) is 9.50. The third kappa shape index (κ3) is 1.98. The molecule has 0 bridgehead atoms. The molecule has 0 spiro atoms. The fraction of sp³-hybridized carbons (Fsp3) is 0.533. The van der Waals surface area contributed by atoms with E-state index in [0.717, 1.165) is 35.2 Å². The Morgan fingerprint density at radius 1 is 1.28 bits per heavy atom. The summed E-state index contributed by atoms with van der Waals surface area (Å²) in [6.07, 6.45) is 7.87. The van der Waals surface area contributed by atoms with Crippen molar-refractivity contribution >= 4 is 11.5 Å². The minimum Gasteiger partial charge on any atom is -0.383 e. The number of anilines is 1. The molecule has 3 rings (SSSR count). The first kappa shape index (κ1) is 11.6. The molecule has 2 aromatic heterocycles. The number of pyridine rings is 1. The van der Waals surface area contributed by atoms with Crippen LogP contribution in [0.3, 0.4) is 0 Å². The summed E-state index contributed by atoms with van der Waals surface area (Å²) in [4.78, 5) is 4.71. The normalized spacial score (nSPS) is 17.4. The lowest BCUT2D eigenvalue weighted by atomic mass is 9.86. The van der Waals surface area contributed by atoms with Crippen LogP contribution in [0.5, 0.6) is 0 Å². The lowest BCUT2D eigenvalue weighted by Gasteiger charge is -2.20. The summed E-state index contributed by atoms with van der Waals surface area (Å²) in [6.45, 7) is 2.08. The van der Waals surface area contributed by atoms with Crippen LogP contribution in [0.4, 0.5) is 5.82 Å². The van der Waals surface area contributed by atoms with Crippen LogP contribution in [0.15, 0.2) is 18.2 Å². The predicted octanol–water partition coefficient (Wildman–Crippen LogP) is 3.35. The number of aromatic nitrogens is 2. The standard InChI is InChI=1S/C15H21N3/c1-11-6-5-9-14-17-13(15(16)18(11)14)10-12-7-3-2-4-8-12/h5-6,9,12H,2-4,7-8,10,16H2,1H3. The Kier molecular flexibility index (Phi) is 2.98. The van der Waals surface area contributed by atoms with E-state index in [1.54, 1.807) is 0 Å². The molecule has 1 saturated carbocycles. The van der Waals surface area contributed by atoms with Gasteiger partial charge in [-0.15, -0.1) is 0 Å². The van der Waals surface area contributed by atoms with Gasteiger partial charge in [0.1, 0.15) is 11.5 Å². The zero-order valence-corrected chi connectivity index (χ0v) is 11.0. The largest absolute Gasteiger partial charge is 0.383 e. The molecule has 3 heteroatoms. The Morgan fingerprint density at radius 2 is 2.06 bits per heavy atom.